The molecule has 0 amide bonds. The summed E-state index contributed by atoms with van der Waals surface area (Å²) in [5.41, 5.74) is 1.30. The zero-order valence-corrected chi connectivity index (χ0v) is 18.1. The molecule has 2 aromatic carbocycles. The highest BCUT2D eigenvalue weighted by molar-refractivity contribution is 9.10. The number of fused-ring (bicyclic) bond motifs is 1. The van der Waals surface area contributed by atoms with Crippen molar-refractivity contribution >= 4 is 33.0 Å². The van der Waals surface area contributed by atoms with Crippen molar-refractivity contribution in [1.82, 2.24) is 9.66 Å². The summed E-state index contributed by atoms with van der Waals surface area (Å²) in [5.74, 6) is 1.41. The Balaban J connectivity index is 2.11. The van der Waals surface area contributed by atoms with E-state index >= 15 is 0 Å². The Bertz CT molecular complexity index is 1070. The lowest BCUT2D eigenvalue weighted by Crippen LogP contribution is -2.23. The minimum atomic E-state index is -0.188. The molecule has 146 valence electrons. The molecule has 0 spiro atoms. The molecule has 0 unspecified atom stereocenters. The minimum absolute atomic E-state index is 0.0458. The molecule has 1 heterocycles. The summed E-state index contributed by atoms with van der Waals surface area (Å²) < 4.78 is 8.20. The maximum atomic E-state index is 13.1. The van der Waals surface area contributed by atoms with E-state index in [1.54, 1.807) is 12.3 Å². The molecular weight excluding hydrogens is 418 g/mol. The molecule has 3 aromatic rings. The fraction of sp³-hybridized carbons (Fsp3) is 0.318. The Morgan fingerprint density at radius 3 is 2.68 bits per heavy atom. The number of aromatic nitrogens is 2. The van der Waals surface area contributed by atoms with E-state index in [1.807, 2.05) is 57.2 Å². The Labute approximate surface area is 173 Å². The largest absolute Gasteiger partial charge is 0.490 e. The first-order valence-electron chi connectivity index (χ1n) is 9.43. The van der Waals surface area contributed by atoms with Gasteiger partial charge >= 0.3 is 0 Å². The van der Waals surface area contributed by atoms with E-state index in [0.717, 1.165) is 22.2 Å². The molecule has 0 aliphatic carbocycles. The Morgan fingerprint density at radius 1 is 1.21 bits per heavy atom. The topological polar surface area (TPSA) is 56.5 Å². The lowest BCUT2D eigenvalue weighted by Gasteiger charge is -2.15. The van der Waals surface area contributed by atoms with Crippen LogP contribution in [-0.4, -0.2) is 22.0 Å². The molecule has 0 radical (unpaired) electrons. The third-order valence-corrected chi connectivity index (χ3v) is 4.98. The number of halogens is 1. The van der Waals surface area contributed by atoms with Crippen LogP contribution >= 0.6 is 15.9 Å². The molecular formula is C22H24BrN3O2. The smallest absolute Gasteiger partial charge is 0.282 e. The summed E-state index contributed by atoms with van der Waals surface area (Å²) in [4.78, 5) is 17.8. The van der Waals surface area contributed by atoms with E-state index in [2.05, 4.69) is 32.9 Å². The van der Waals surface area contributed by atoms with Crippen LogP contribution in [-0.2, 0) is 0 Å². The standard InChI is InChI=1S/C22H24BrN3O2/c1-5-15(4)28-20-9-7-6-8-16(20)13-24-26-21(14(2)3)25-19-11-10-17(23)12-18(19)22(26)27/h6-15H,5H2,1-4H3/t15-/m1/s1. The van der Waals surface area contributed by atoms with Crippen molar-refractivity contribution in [1.29, 1.82) is 0 Å². The van der Waals surface area contributed by atoms with E-state index in [1.165, 1.54) is 4.68 Å². The molecule has 0 saturated heterocycles. The fourth-order valence-electron chi connectivity index (χ4n) is 2.77. The summed E-state index contributed by atoms with van der Waals surface area (Å²) >= 11 is 3.42. The molecule has 0 N–H and O–H groups in total. The fourth-order valence-corrected chi connectivity index (χ4v) is 3.13. The Kier molecular flexibility index (Phi) is 6.29. The molecule has 3 rings (SSSR count). The van der Waals surface area contributed by atoms with Gasteiger partial charge in [0.2, 0.25) is 0 Å². The Hall–Kier alpha value is -2.47. The molecule has 1 atom stereocenters. The van der Waals surface area contributed by atoms with Gasteiger partial charge in [0.05, 0.1) is 23.2 Å². The van der Waals surface area contributed by atoms with Gasteiger partial charge in [0, 0.05) is 16.0 Å². The SMILES string of the molecule is CC[C@@H](C)Oc1ccccc1C=Nn1c(C(C)C)nc2ccc(Br)cc2c1=O. The molecule has 1 aromatic heterocycles. The van der Waals surface area contributed by atoms with Crippen molar-refractivity contribution in [3.8, 4) is 5.75 Å². The van der Waals surface area contributed by atoms with Crippen LogP contribution in [0.25, 0.3) is 10.9 Å². The quantitative estimate of drug-likeness (QED) is 0.484. The van der Waals surface area contributed by atoms with Crippen LogP contribution in [0, 0.1) is 0 Å². The normalized spacial score (nSPS) is 12.8. The number of ether oxygens (including phenoxy) is 1. The van der Waals surface area contributed by atoms with Crippen LogP contribution in [0.2, 0.25) is 0 Å². The van der Waals surface area contributed by atoms with Crippen LogP contribution in [0.1, 0.15) is 51.4 Å². The maximum absolute atomic E-state index is 13.1. The van der Waals surface area contributed by atoms with Gasteiger partial charge in [-0.3, -0.25) is 4.79 Å². The molecule has 0 bridgehead atoms. The predicted octanol–water partition coefficient (Wildman–Crippen LogP) is 5.34. The van der Waals surface area contributed by atoms with Gasteiger partial charge in [-0.25, -0.2) is 4.98 Å². The highest BCUT2D eigenvalue weighted by Gasteiger charge is 2.14. The second kappa shape index (κ2) is 8.69. The van der Waals surface area contributed by atoms with E-state index in [0.29, 0.717) is 16.7 Å². The van der Waals surface area contributed by atoms with E-state index < -0.39 is 0 Å². The zero-order chi connectivity index (χ0) is 20.3. The summed E-state index contributed by atoms with van der Waals surface area (Å²) in [6, 6.07) is 13.2. The van der Waals surface area contributed by atoms with Gasteiger partial charge in [0.25, 0.3) is 5.56 Å². The van der Waals surface area contributed by atoms with Gasteiger partial charge in [0.1, 0.15) is 11.6 Å². The second-order valence-corrected chi connectivity index (χ2v) is 7.94. The number of para-hydroxylation sites is 1. The average molecular weight is 442 g/mol. The summed E-state index contributed by atoms with van der Waals surface area (Å²) in [7, 11) is 0. The second-order valence-electron chi connectivity index (χ2n) is 7.02. The number of nitrogens with zero attached hydrogens (tertiary/aromatic N) is 3. The molecule has 28 heavy (non-hydrogen) atoms. The van der Waals surface area contributed by atoms with Gasteiger partial charge in [-0.1, -0.05) is 48.8 Å². The van der Waals surface area contributed by atoms with Crippen LogP contribution in [0.15, 0.2) is 56.8 Å². The van der Waals surface area contributed by atoms with Crippen LogP contribution in [0.3, 0.4) is 0 Å². The number of hydrogen-bond donors (Lipinski definition) is 0. The highest BCUT2D eigenvalue weighted by atomic mass is 79.9. The van der Waals surface area contributed by atoms with E-state index in [4.69, 9.17) is 4.74 Å². The summed E-state index contributed by atoms with van der Waals surface area (Å²) in [6.45, 7) is 8.10. The first-order valence-corrected chi connectivity index (χ1v) is 10.2. The van der Waals surface area contributed by atoms with Crippen molar-refractivity contribution in [3.63, 3.8) is 0 Å². The highest BCUT2D eigenvalue weighted by Crippen LogP contribution is 2.20. The third-order valence-electron chi connectivity index (χ3n) is 4.48. The van der Waals surface area contributed by atoms with Crippen molar-refractivity contribution in [3.05, 3.63) is 68.7 Å². The number of benzene rings is 2. The lowest BCUT2D eigenvalue weighted by molar-refractivity contribution is 0.217. The number of rotatable bonds is 6. The van der Waals surface area contributed by atoms with Gasteiger partial charge in [0.15, 0.2) is 0 Å². The zero-order valence-electron chi connectivity index (χ0n) is 16.5. The van der Waals surface area contributed by atoms with Crippen LogP contribution < -0.4 is 10.3 Å². The average Bonchev–Trinajstić information content (AvgIpc) is 2.68. The number of hydrogen-bond acceptors (Lipinski definition) is 4. The third kappa shape index (κ3) is 4.33. The van der Waals surface area contributed by atoms with Gasteiger partial charge < -0.3 is 4.74 Å². The lowest BCUT2D eigenvalue weighted by atomic mass is 10.2. The molecule has 0 fully saturated rings. The van der Waals surface area contributed by atoms with Crippen LogP contribution in [0.5, 0.6) is 5.75 Å². The molecule has 5 nitrogen and oxygen atoms in total. The van der Waals surface area contributed by atoms with Crippen molar-refractivity contribution in [2.45, 2.75) is 46.1 Å². The van der Waals surface area contributed by atoms with Crippen molar-refractivity contribution in [2.24, 2.45) is 5.10 Å². The first-order chi connectivity index (χ1) is 13.4. The molecule has 0 aliphatic heterocycles. The van der Waals surface area contributed by atoms with Gasteiger partial charge in [-0.2, -0.15) is 9.78 Å². The molecule has 0 aliphatic rings. The predicted molar refractivity (Wildman–Crippen MR) is 118 cm³/mol. The summed E-state index contributed by atoms with van der Waals surface area (Å²) in [6.07, 6.45) is 2.67. The maximum Gasteiger partial charge on any atom is 0.282 e. The Morgan fingerprint density at radius 2 is 1.96 bits per heavy atom. The minimum Gasteiger partial charge on any atom is -0.490 e. The summed E-state index contributed by atoms with van der Waals surface area (Å²) in [5, 5.41) is 5.02. The molecule has 6 heteroatoms. The van der Waals surface area contributed by atoms with E-state index in [-0.39, 0.29) is 17.6 Å². The van der Waals surface area contributed by atoms with Gasteiger partial charge in [-0.15, -0.1) is 0 Å². The van der Waals surface area contributed by atoms with Gasteiger partial charge in [-0.05, 0) is 43.7 Å². The molecule has 0 saturated carbocycles. The van der Waals surface area contributed by atoms with Crippen molar-refractivity contribution in [2.75, 3.05) is 0 Å². The van der Waals surface area contributed by atoms with Crippen molar-refractivity contribution < 1.29 is 4.74 Å². The first kappa shape index (κ1) is 20.3. The van der Waals surface area contributed by atoms with Crippen LogP contribution in [0.4, 0.5) is 0 Å². The van der Waals surface area contributed by atoms with E-state index in [9.17, 15) is 4.79 Å². The monoisotopic (exact) mass is 441 g/mol.